The van der Waals surface area contributed by atoms with Crippen LogP contribution in [0.3, 0.4) is 0 Å². The topological polar surface area (TPSA) is 49.4 Å². The molecule has 0 saturated heterocycles. The molecule has 0 unspecified atom stereocenters. The summed E-state index contributed by atoms with van der Waals surface area (Å²) in [6.45, 7) is 4.28. The summed E-state index contributed by atoms with van der Waals surface area (Å²) >= 11 is 0. The molecule has 1 N–H and O–H groups in total. The van der Waals surface area contributed by atoms with Crippen molar-refractivity contribution in [3.63, 3.8) is 0 Å². The number of halogens is 1. The second-order valence-corrected chi connectivity index (χ2v) is 8.33. The monoisotopic (exact) mass is 446 g/mol. The highest BCUT2D eigenvalue weighted by molar-refractivity contribution is 5.89. The number of benzene rings is 3. The van der Waals surface area contributed by atoms with Gasteiger partial charge >= 0.3 is 0 Å². The minimum Gasteiger partial charge on any atom is -0.352 e. The summed E-state index contributed by atoms with van der Waals surface area (Å²) < 4.78 is 13.4. The minimum absolute atomic E-state index is 0.00143. The lowest BCUT2D eigenvalue weighted by atomic mass is 10.0. The molecule has 0 bridgehead atoms. The van der Waals surface area contributed by atoms with Crippen LogP contribution in [0.1, 0.15) is 37.0 Å². The Hall–Kier alpha value is -3.47. The zero-order valence-electron chi connectivity index (χ0n) is 19.2. The number of carbonyl (C=O) groups is 2. The van der Waals surface area contributed by atoms with E-state index in [1.54, 1.807) is 17.0 Å². The van der Waals surface area contributed by atoms with Gasteiger partial charge in [0.15, 0.2) is 0 Å². The number of nitrogens with one attached hydrogen (secondary N) is 1. The second kappa shape index (κ2) is 12.0. The lowest BCUT2D eigenvalue weighted by Gasteiger charge is -2.32. The maximum Gasteiger partial charge on any atom is 0.243 e. The molecule has 3 rings (SSSR count). The van der Waals surface area contributed by atoms with Gasteiger partial charge in [0.05, 0.1) is 6.42 Å². The van der Waals surface area contributed by atoms with Crippen LogP contribution in [0.25, 0.3) is 0 Å². The Kier molecular flexibility index (Phi) is 8.76. The van der Waals surface area contributed by atoms with E-state index in [0.29, 0.717) is 18.5 Å². The standard InChI is InChI=1S/C28H31FN2O2/c1-3-21(2)30-28(33)26(18-22-10-6-4-7-11-22)31(20-24-12-8-5-9-13-24)27(32)19-23-14-16-25(29)17-15-23/h4-17,21,26H,3,18-20H2,1-2H3,(H,30,33)/t21-,26+/m0/s1. The van der Waals surface area contributed by atoms with E-state index in [4.69, 9.17) is 0 Å². The predicted octanol–water partition coefficient (Wildman–Crippen LogP) is 4.92. The first-order valence-electron chi connectivity index (χ1n) is 11.4. The van der Waals surface area contributed by atoms with Gasteiger partial charge in [-0.3, -0.25) is 9.59 Å². The molecule has 172 valence electrons. The molecule has 0 aromatic heterocycles. The molecule has 0 fully saturated rings. The summed E-state index contributed by atoms with van der Waals surface area (Å²) in [6.07, 6.45) is 1.30. The van der Waals surface area contributed by atoms with Crippen molar-refractivity contribution in [2.24, 2.45) is 0 Å². The number of hydrogen-bond donors (Lipinski definition) is 1. The van der Waals surface area contributed by atoms with Crippen LogP contribution in [0.15, 0.2) is 84.9 Å². The molecular formula is C28H31FN2O2. The molecule has 3 aromatic carbocycles. The Morgan fingerprint density at radius 1 is 0.848 bits per heavy atom. The Morgan fingerprint density at radius 3 is 2.00 bits per heavy atom. The van der Waals surface area contributed by atoms with Gasteiger partial charge in [-0.15, -0.1) is 0 Å². The first kappa shape index (κ1) is 24.2. The molecule has 2 amide bonds. The van der Waals surface area contributed by atoms with Crippen molar-refractivity contribution in [2.75, 3.05) is 0 Å². The molecule has 0 heterocycles. The molecule has 0 saturated carbocycles. The number of carbonyl (C=O) groups excluding carboxylic acids is 2. The Balaban J connectivity index is 1.94. The third kappa shape index (κ3) is 7.28. The van der Waals surface area contributed by atoms with Gasteiger partial charge in [-0.25, -0.2) is 4.39 Å². The van der Waals surface area contributed by atoms with E-state index in [2.05, 4.69) is 5.32 Å². The van der Waals surface area contributed by atoms with Gasteiger partial charge in [0, 0.05) is 19.0 Å². The molecule has 4 nitrogen and oxygen atoms in total. The van der Waals surface area contributed by atoms with Crippen LogP contribution >= 0.6 is 0 Å². The van der Waals surface area contributed by atoms with E-state index in [1.165, 1.54) is 12.1 Å². The lowest BCUT2D eigenvalue weighted by molar-refractivity contribution is -0.141. The summed E-state index contributed by atoms with van der Waals surface area (Å²) in [5.74, 6) is -0.690. The summed E-state index contributed by atoms with van der Waals surface area (Å²) in [4.78, 5) is 28.6. The van der Waals surface area contributed by atoms with E-state index in [9.17, 15) is 14.0 Å². The van der Waals surface area contributed by atoms with Crippen LogP contribution in [-0.2, 0) is 29.0 Å². The summed E-state index contributed by atoms with van der Waals surface area (Å²) in [5, 5.41) is 3.06. The van der Waals surface area contributed by atoms with Crippen molar-refractivity contribution in [2.45, 2.75) is 51.7 Å². The normalized spacial score (nSPS) is 12.6. The number of rotatable bonds is 10. The fraction of sp³-hybridized carbons (Fsp3) is 0.286. The highest BCUT2D eigenvalue weighted by atomic mass is 19.1. The molecule has 0 aliphatic heterocycles. The summed E-state index contributed by atoms with van der Waals surface area (Å²) in [5.41, 5.74) is 2.63. The van der Waals surface area contributed by atoms with Crippen LogP contribution in [0.4, 0.5) is 4.39 Å². The maximum atomic E-state index is 13.5. The average molecular weight is 447 g/mol. The molecular weight excluding hydrogens is 415 g/mol. The van der Waals surface area contributed by atoms with Crippen LogP contribution in [-0.4, -0.2) is 28.8 Å². The van der Waals surface area contributed by atoms with Crippen molar-refractivity contribution >= 4 is 11.8 Å². The molecule has 5 heteroatoms. The summed E-state index contributed by atoms with van der Waals surface area (Å²) in [7, 11) is 0. The van der Waals surface area contributed by atoms with Crippen molar-refractivity contribution in [3.8, 4) is 0 Å². The zero-order chi connectivity index (χ0) is 23.6. The second-order valence-electron chi connectivity index (χ2n) is 8.33. The quantitative estimate of drug-likeness (QED) is 0.480. The van der Waals surface area contributed by atoms with Gasteiger partial charge in [-0.2, -0.15) is 0 Å². The van der Waals surface area contributed by atoms with Gasteiger partial charge in [-0.05, 0) is 42.2 Å². The summed E-state index contributed by atoms with van der Waals surface area (Å²) in [6, 6.07) is 24.6. The number of nitrogens with zero attached hydrogens (tertiary/aromatic N) is 1. The SMILES string of the molecule is CC[C@H](C)NC(=O)[C@@H](Cc1ccccc1)N(Cc1ccccc1)C(=O)Cc1ccc(F)cc1. The Bertz CT molecular complexity index is 1020. The Labute approximate surface area is 195 Å². The van der Waals surface area contributed by atoms with E-state index in [1.807, 2.05) is 74.5 Å². The molecule has 33 heavy (non-hydrogen) atoms. The first-order chi connectivity index (χ1) is 16.0. The average Bonchev–Trinajstić information content (AvgIpc) is 2.83. The van der Waals surface area contributed by atoms with E-state index < -0.39 is 6.04 Å². The van der Waals surface area contributed by atoms with Gasteiger partial charge in [-0.1, -0.05) is 79.7 Å². The highest BCUT2D eigenvalue weighted by Gasteiger charge is 2.30. The van der Waals surface area contributed by atoms with Gasteiger partial charge in [0.25, 0.3) is 0 Å². The molecule has 0 aliphatic carbocycles. The predicted molar refractivity (Wildman–Crippen MR) is 129 cm³/mol. The van der Waals surface area contributed by atoms with E-state index >= 15 is 0 Å². The first-order valence-corrected chi connectivity index (χ1v) is 11.4. The van der Waals surface area contributed by atoms with Crippen molar-refractivity contribution < 1.29 is 14.0 Å². The Morgan fingerprint density at radius 2 is 1.42 bits per heavy atom. The number of amides is 2. The minimum atomic E-state index is -0.672. The van der Waals surface area contributed by atoms with Gasteiger partial charge < -0.3 is 10.2 Å². The van der Waals surface area contributed by atoms with Crippen LogP contribution < -0.4 is 5.32 Å². The van der Waals surface area contributed by atoms with E-state index in [0.717, 1.165) is 17.5 Å². The zero-order valence-corrected chi connectivity index (χ0v) is 19.2. The van der Waals surface area contributed by atoms with Crippen LogP contribution in [0, 0.1) is 5.82 Å². The fourth-order valence-electron chi connectivity index (χ4n) is 3.65. The van der Waals surface area contributed by atoms with Crippen molar-refractivity contribution in [1.82, 2.24) is 10.2 Å². The van der Waals surface area contributed by atoms with Crippen LogP contribution in [0.5, 0.6) is 0 Å². The third-order valence-electron chi connectivity index (χ3n) is 5.74. The van der Waals surface area contributed by atoms with Crippen molar-refractivity contribution in [3.05, 3.63) is 107 Å². The molecule has 0 spiro atoms. The fourth-order valence-corrected chi connectivity index (χ4v) is 3.65. The van der Waals surface area contributed by atoms with E-state index in [-0.39, 0.29) is 30.1 Å². The molecule has 0 radical (unpaired) electrons. The lowest BCUT2D eigenvalue weighted by Crippen LogP contribution is -2.52. The molecule has 2 atom stereocenters. The van der Waals surface area contributed by atoms with Gasteiger partial charge in [0.1, 0.15) is 11.9 Å². The van der Waals surface area contributed by atoms with Crippen molar-refractivity contribution in [1.29, 1.82) is 0 Å². The number of hydrogen-bond acceptors (Lipinski definition) is 2. The van der Waals surface area contributed by atoms with Crippen LogP contribution in [0.2, 0.25) is 0 Å². The largest absolute Gasteiger partial charge is 0.352 e. The highest BCUT2D eigenvalue weighted by Crippen LogP contribution is 2.17. The maximum absolute atomic E-state index is 13.5. The third-order valence-corrected chi connectivity index (χ3v) is 5.74. The smallest absolute Gasteiger partial charge is 0.243 e. The molecule has 3 aromatic rings. The molecule has 0 aliphatic rings. The van der Waals surface area contributed by atoms with Gasteiger partial charge in [0.2, 0.25) is 11.8 Å².